The van der Waals surface area contributed by atoms with Crippen LogP contribution in [-0.2, 0) is 11.3 Å². The zero-order valence-electron chi connectivity index (χ0n) is 18.7. The summed E-state index contributed by atoms with van der Waals surface area (Å²) in [4.78, 5) is 13.1. The summed E-state index contributed by atoms with van der Waals surface area (Å²) < 4.78 is 5.26. The van der Waals surface area contributed by atoms with Gasteiger partial charge in [0.15, 0.2) is 6.61 Å². The van der Waals surface area contributed by atoms with Gasteiger partial charge in [0.05, 0.1) is 0 Å². The highest BCUT2D eigenvalue weighted by Crippen LogP contribution is 2.32. The molecule has 3 N–H and O–H groups in total. The fourth-order valence-electron chi connectivity index (χ4n) is 5.17. The fraction of sp³-hybridized carbons (Fsp3) is 0.500. The number of nitrogens with zero attached hydrogens (tertiary/aromatic N) is 1. The van der Waals surface area contributed by atoms with Crippen molar-refractivity contribution in [2.24, 2.45) is 11.8 Å². The third kappa shape index (κ3) is 6.24. The molecule has 172 valence electrons. The van der Waals surface area contributed by atoms with Gasteiger partial charge in [-0.25, -0.2) is 4.79 Å². The van der Waals surface area contributed by atoms with Gasteiger partial charge in [-0.1, -0.05) is 30.3 Å². The molecule has 2 fully saturated rings. The Morgan fingerprint density at radius 2 is 1.66 bits per heavy atom. The van der Waals surface area contributed by atoms with E-state index >= 15 is 0 Å². The predicted molar refractivity (Wildman–Crippen MR) is 127 cm³/mol. The van der Waals surface area contributed by atoms with Crippen molar-refractivity contribution in [3.05, 3.63) is 60.2 Å². The monoisotopic (exact) mass is 437 g/mol. The van der Waals surface area contributed by atoms with Crippen LogP contribution in [0.2, 0.25) is 0 Å². The minimum absolute atomic E-state index is 0.307. The number of piperidine rings is 2. The van der Waals surface area contributed by atoms with Gasteiger partial charge < -0.3 is 25.4 Å². The summed E-state index contributed by atoms with van der Waals surface area (Å²) in [7, 11) is 0. The number of carbonyl (C=O) groups is 1. The molecular formula is C26H35N3O3. The van der Waals surface area contributed by atoms with Crippen LogP contribution in [0.3, 0.4) is 0 Å². The number of benzene rings is 2. The summed E-state index contributed by atoms with van der Waals surface area (Å²) in [6.07, 6.45) is 4.89. The Bertz CT molecular complexity index is 829. The zero-order chi connectivity index (χ0) is 22.2. The van der Waals surface area contributed by atoms with E-state index in [4.69, 9.17) is 9.84 Å². The number of aliphatic carboxylic acids is 1. The molecule has 2 aliphatic heterocycles. The van der Waals surface area contributed by atoms with E-state index in [9.17, 15) is 4.79 Å². The van der Waals surface area contributed by atoms with E-state index in [1.54, 1.807) is 0 Å². The Kier molecular flexibility index (Phi) is 8.02. The molecule has 4 rings (SSSR count). The van der Waals surface area contributed by atoms with Crippen molar-refractivity contribution in [3.63, 3.8) is 0 Å². The maximum Gasteiger partial charge on any atom is 0.341 e. The van der Waals surface area contributed by atoms with Gasteiger partial charge in [-0.3, -0.25) is 0 Å². The Labute approximate surface area is 191 Å². The van der Waals surface area contributed by atoms with Gasteiger partial charge in [0.1, 0.15) is 5.75 Å². The fourth-order valence-corrected chi connectivity index (χ4v) is 5.17. The standard InChI is InChI=1S/C26H35N3O3/c30-25(31)19-32-24-8-6-23(7-9-24)29-16-12-22(13-17-29)26(21-10-14-27-15-11-21)28-18-20-4-2-1-3-5-20/h1-9,21-22,26-28H,10-19H2,(H,30,31). The first kappa shape index (κ1) is 22.6. The molecule has 2 heterocycles. The quantitative estimate of drug-likeness (QED) is 0.557. The van der Waals surface area contributed by atoms with Gasteiger partial charge in [-0.15, -0.1) is 0 Å². The first-order valence-electron chi connectivity index (χ1n) is 11.9. The molecule has 0 aliphatic carbocycles. The highest BCUT2D eigenvalue weighted by molar-refractivity contribution is 5.68. The van der Waals surface area contributed by atoms with E-state index in [0.717, 1.165) is 38.6 Å². The van der Waals surface area contributed by atoms with E-state index in [1.807, 2.05) is 24.3 Å². The first-order chi connectivity index (χ1) is 15.7. The number of ether oxygens (including phenoxy) is 1. The minimum Gasteiger partial charge on any atom is -0.482 e. The molecular weight excluding hydrogens is 402 g/mol. The van der Waals surface area contributed by atoms with Crippen LogP contribution in [0.1, 0.15) is 31.2 Å². The molecule has 2 aliphatic rings. The summed E-state index contributed by atoms with van der Waals surface area (Å²) in [5, 5.41) is 16.2. The lowest BCUT2D eigenvalue weighted by Crippen LogP contribution is -2.49. The van der Waals surface area contributed by atoms with Gasteiger partial charge in [-0.2, -0.15) is 0 Å². The second kappa shape index (κ2) is 11.3. The molecule has 2 aromatic rings. The number of anilines is 1. The Morgan fingerprint density at radius 3 is 2.31 bits per heavy atom. The van der Waals surface area contributed by atoms with Crippen molar-refractivity contribution in [1.29, 1.82) is 0 Å². The van der Waals surface area contributed by atoms with E-state index in [2.05, 4.69) is 45.9 Å². The molecule has 0 bridgehead atoms. The van der Waals surface area contributed by atoms with Gasteiger partial charge in [0.25, 0.3) is 0 Å². The van der Waals surface area contributed by atoms with Crippen molar-refractivity contribution in [2.45, 2.75) is 38.3 Å². The number of carboxylic acids is 1. The van der Waals surface area contributed by atoms with Crippen molar-refractivity contribution in [2.75, 3.05) is 37.7 Å². The number of carboxylic acid groups (broad SMARTS) is 1. The van der Waals surface area contributed by atoms with Crippen LogP contribution < -0.4 is 20.3 Å². The summed E-state index contributed by atoms with van der Waals surface area (Å²) in [6, 6.07) is 19.1. The number of hydrogen-bond acceptors (Lipinski definition) is 5. The van der Waals surface area contributed by atoms with Crippen LogP contribution in [0.5, 0.6) is 5.75 Å². The van der Waals surface area contributed by atoms with Crippen LogP contribution in [0.15, 0.2) is 54.6 Å². The van der Waals surface area contributed by atoms with Crippen LogP contribution in [-0.4, -0.2) is 49.9 Å². The molecule has 0 amide bonds. The molecule has 0 spiro atoms. The van der Waals surface area contributed by atoms with Gasteiger partial charge in [0.2, 0.25) is 0 Å². The summed E-state index contributed by atoms with van der Waals surface area (Å²) in [5.74, 6) is 1.07. The van der Waals surface area contributed by atoms with Gasteiger partial charge >= 0.3 is 5.97 Å². The third-order valence-corrected chi connectivity index (χ3v) is 6.89. The SMILES string of the molecule is O=C(O)COc1ccc(N2CCC(C(NCc3ccccc3)C3CCNCC3)CC2)cc1. The summed E-state index contributed by atoms with van der Waals surface area (Å²) >= 11 is 0. The lowest BCUT2D eigenvalue weighted by Gasteiger charge is -2.42. The number of nitrogens with one attached hydrogen (secondary N) is 2. The third-order valence-electron chi connectivity index (χ3n) is 6.89. The molecule has 2 aromatic carbocycles. The number of hydrogen-bond donors (Lipinski definition) is 3. The average Bonchev–Trinajstić information content (AvgIpc) is 2.85. The van der Waals surface area contributed by atoms with E-state index in [0.29, 0.717) is 17.7 Å². The normalized spacial score (nSPS) is 18.9. The van der Waals surface area contributed by atoms with Gasteiger partial charge in [0, 0.05) is 31.4 Å². The maximum atomic E-state index is 10.7. The summed E-state index contributed by atoms with van der Waals surface area (Å²) in [6.45, 7) is 4.99. The molecule has 0 radical (unpaired) electrons. The van der Waals surface area contributed by atoms with Crippen molar-refractivity contribution < 1.29 is 14.6 Å². The second-order valence-electron chi connectivity index (χ2n) is 8.98. The number of rotatable bonds is 9. The molecule has 1 unspecified atom stereocenters. The molecule has 2 saturated heterocycles. The van der Waals surface area contributed by atoms with Crippen LogP contribution in [0.25, 0.3) is 0 Å². The van der Waals surface area contributed by atoms with Crippen LogP contribution >= 0.6 is 0 Å². The smallest absolute Gasteiger partial charge is 0.341 e. The topological polar surface area (TPSA) is 73.8 Å². The lowest BCUT2D eigenvalue weighted by molar-refractivity contribution is -0.139. The largest absolute Gasteiger partial charge is 0.482 e. The van der Waals surface area contributed by atoms with E-state index < -0.39 is 5.97 Å². The highest BCUT2D eigenvalue weighted by Gasteiger charge is 2.32. The Balaban J connectivity index is 1.34. The van der Waals surface area contributed by atoms with Crippen LogP contribution in [0.4, 0.5) is 5.69 Å². The van der Waals surface area contributed by atoms with Crippen molar-refractivity contribution in [3.8, 4) is 5.75 Å². The van der Waals surface area contributed by atoms with Crippen molar-refractivity contribution >= 4 is 11.7 Å². The van der Waals surface area contributed by atoms with E-state index in [1.165, 1.54) is 36.9 Å². The second-order valence-corrected chi connectivity index (χ2v) is 8.98. The Morgan fingerprint density at radius 1 is 1.00 bits per heavy atom. The highest BCUT2D eigenvalue weighted by atomic mass is 16.5. The van der Waals surface area contributed by atoms with Gasteiger partial charge in [-0.05, 0) is 80.4 Å². The summed E-state index contributed by atoms with van der Waals surface area (Å²) in [5.41, 5.74) is 2.54. The average molecular weight is 438 g/mol. The lowest BCUT2D eigenvalue weighted by atomic mass is 9.78. The minimum atomic E-state index is -0.958. The van der Waals surface area contributed by atoms with Crippen molar-refractivity contribution in [1.82, 2.24) is 10.6 Å². The molecule has 1 atom stereocenters. The predicted octanol–water partition coefficient (Wildman–Crippen LogP) is 3.52. The Hall–Kier alpha value is -2.57. The van der Waals surface area contributed by atoms with E-state index in [-0.39, 0.29) is 6.61 Å². The molecule has 0 saturated carbocycles. The molecule has 6 heteroatoms. The molecule has 32 heavy (non-hydrogen) atoms. The van der Waals surface area contributed by atoms with Crippen LogP contribution in [0, 0.1) is 11.8 Å². The zero-order valence-corrected chi connectivity index (χ0v) is 18.7. The molecule has 6 nitrogen and oxygen atoms in total. The first-order valence-corrected chi connectivity index (χ1v) is 11.9. The maximum absolute atomic E-state index is 10.7. The molecule has 0 aromatic heterocycles.